The molecule has 0 fully saturated rings. The van der Waals surface area contributed by atoms with E-state index < -0.39 is 23.6 Å². The first kappa shape index (κ1) is 29.8. The van der Waals surface area contributed by atoms with Crippen LogP contribution < -0.4 is 19.7 Å². The lowest BCUT2D eigenvalue weighted by atomic mass is 10.0. The van der Waals surface area contributed by atoms with Gasteiger partial charge >= 0.3 is 12.1 Å². The van der Waals surface area contributed by atoms with Gasteiger partial charge in [-0.3, -0.25) is 15.0 Å². The molecule has 0 saturated heterocycles. The number of aromatic nitrogens is 1. The molecule has 4 aromatic rings. The topological polar surface area (TPSA) is 127 Å². The molecule has 2 heterocycles. The maximum absolute atomic E-state index is 13.9. The molecule has 0 radical (unpaired) electrons. The molecule has 0 atom stereocenters. The molecule has 2 N–H and O–H groups in total. The minimum atomic E-state index is -1.32. The van der Waals surface area contributed by atoms with E-state index in [0.29, 0.717) is 5.69 Å². The molecule has 10 nitrogen and oxygen atoms in total. The van der Waals surface area contributed by atoms with Crippen LogP contribution in [0.5, 0.6) is 11.8 Å². The van der Waals surface area contributed by atoms with Gasteiger partial charge in [0.1, 0.15) is 24.5 Å². The fourth-order valence-electron chi connectivity index (χ4n) is 4.59. The Kier molecular flexibility index (Phi) is 8.61. The third-order valence-corrected chi connectivity index (χ3v) is 6.39. The van der Waals surface area contributed by atoms with E-state index in [-0.39, 0.29) is 47.5 Å². The van der Waals surface area contributed by atoms with Crippen molar-refractivity contribution in [2.24, 2.45) is 0 Å². The number of anilines is 3. The Morgan fingerprint density at radius 3 is 2.09 bits per heavy atom. The minimum Gasteiger partial charge on any atom is -0.478 e. The summed E-state index contributed by atoms with van der Waals surface area (Å²) >= 11 is 0. The number of nitrogens with zero attached hydrogens (tertiary/aromatic N) is 2. The maximum atomic E-state index is 13.9. The highest BCUT2D eigenvalue weighted by atomic mass is 16.6. The van der Waals surface area contributed by atoms with Crippen molar-refractivity contribution in [2.45, 2.75) is 39.6 Å². The predicted octanol–water partition coefficient (Wildman–Crippen LogP) is 6.73. The van der Waals surface area contributed by atoms with Crippen LogP contribution in [0.3, 0.4) is 0 Å². The quantitative estimate of drug-likeness (QED) is 0.205. The van der Waals surface area contributed by atoms with Crippen molar-refractivity contribution < 1.29 is 33.7 Å². The first-order valence-corrected chi connectivity index (χ1v) is 13.9. The Morgan fingerprint density at radius 2 is 1.48 bits per heavy atom. The fourth-order valence-corrected chi connectivity index (χ4v) is 4.59. The van der Waals surface area contributed by atoms with Crippen LogP contribution in [0, 0.1) is 0 Å². The van der Waals surface area contributed by atoms with Gasteiger partial charge < -0.3 is 19.3 Å². The number of carbonyl (C=O) groups is 3. The number of carboxylic acids is 1. The second kappa shape index (κ2) is 12.7. The van der Waals surface area contributed by atoms with Crippen molar-refractivity contribution in [3.63, 3.8) is 0 Å². The van der Waals surface area contributed by atoms with Crippen LogP contribution in [0.2, 0.25) is 0 Å². The van der Waals surface area contributed by atoms with E-state index in [4.69, 9.17) is 14.2 Å². The Morgan fingerprint density at radius 1 is 0.841 bits per heavy atom. The van der Waals surface area contributed by atoms with Gasteiger partial charge in [0.2, 0.25) is 11.8 Å². The first-order valence-electron chi connectivity index (χ1n) is 13.9. The van der Waals surface area contributed by atoms with E-state index in [1.807, 2.05) is 60.7 Å². The van der Waals surface area contributed by atoms with E-state index in [2.05, 4.69) is 10.3 Å². The largest absolute Gasteiger partial charge is 0.478 e. The van der Waals surface area contributed by atoms with Gasteiger partial charge in [0.05, 0.1) is 16.9 Å². The number of pyridine rings is 1. The summed E-state index contributed by atoms with van der Waals surface area (Å²) in [5.74, 6) is -1.59. The average molecular weight is 594 g/mol. The van der Waals surface area contributed by atoms with E-state index in [0.717, 1.165) is 17.2 Å². The number of hydrogen-bond donors (Lipinski definition) is 2. The fraction of sp³-hybridized carbons (Fsp3) is 0.176. The lowest BCUT2D eigenvalue weighted by Gasteiger charge is -2.22. The Balaban J connectivity index is 1.55. The van der Waals surface area contributed by atoms with Crippen molar-refractivity contribution in [1.82, 2.24) is 4.98 Å². The number of hydrogen-bond acceptors (Lipinski definition) is 7. The SMILES string of the molecule is CC(C)(C)OC(=O)Nc1cccc2c1/C(=C/C(=O)O)C(=O)N2c1ccc(OCc2ccccc2)nc1OCc1ccccc1. The molecule has 0 spiro atoms. The van der Waals surface area contributed by atoms with Crippen molar-refractivity contribution >= 4 is 40.6 Å². The third kappa shape index (κ3) is 7.04. The van der Waals surface area contributed by atoms with Crippen LogP contribution in [0.4, 0.5) is 21.9 Å². The highest BCUT2D eigenvalue weighted by molar-refractivity contribution is 6.38. The van der Waals surface area contributed by atoms with E-state index in [1.165, 1.54) is 4.90 Å². The number of nitrogens with one attached hydrogen (secondary N) is 1. The number of aliphatic carboxylic acids is 1. The lowest BCUT2D eigenvalue weighted by Crippen LogP contribution is -2.27. The van der Waals surface area contributed by atoms with Crippen molar-refractivity contribution in [1.29, 1.82) is 0 Å². The Labute approximate surface area is 254 Å². The summed E-state index contributed by atoms with van der Waals surface area (Å²) in [6.07, 6.45) is 0.0661. The van der Waals surface area contributed by atoms with Crippen molar-refractivity contribution in [2.75, 3.05) is 10.2 Å². The lowest BCUT2D eigenvalue weighted by molar-refractivity contribution is -0.131. The number of rotatable bonds is 9. The summed E-state index contributed by atoms with van der Waals surface area (Å²) < 4.78 is 17.5. The smallest absolute Gasteiger partial charge is 0.412 e. The van der Waals surface area contributed by atoms with Crippen LogP contribution in [0.25, 0.3) is 5.57 Å². The van der Waals surface area contributed by atoms with Crippen LogP contribution >= 0.6 is 0 Å². The van der Waals surface area contributed by atoms with Crippen LogP contribution in [0.15, 0.2) is 97.1 Å². The second-order valence-electron chi connectivity index (χ2n) is 10.9. The molecule has 0 unspecified atom stereocenters. The zero-order chi connectivity index (χ0) is 31.3. The minimum absolute atomic E-state index is 0.0980. The zero-order valence-corrected chi connectivity index (χ0v) is 24.4. The normalized spacial score (nSPS) is 13.4. The molecule has 2 amide bonds. The number of carbonyl (C=O) groups excluding carboxylic acids is 2. The molecule has 1 aliphatic rings. The van der Waals surface area contributed by atoms with Gasteiger partial charge in [-0.2, -0.15) is 4.98 Å². The molecule has 0 aliphatic carbocycles. The Hall–Kier alpha value is -5.64. The predicted molar refractivity (Wildman–Crippen MR) is 165 cm³/mol. The van der Waals surface area contributed by atoms with Crippen LogP contribution in [-0.2, 0) is 27.5 Å². The summed E-state index contributed by atoms with van der Waals surface area (Å²) in [5, 5.41) is 12.3. The molecular formula is C34H31N3O7. The van der Waals surface area contributed by atoms with Gasteiger partial charge in [-0.1, -0.05) is 66.7 Å². The Bertz CT molecular complexity index is 1710. The molecule has 0 bridgehead atoms. The molecule has 1 aliphatic heterocycles. The summed E-state index contributed by atoms with van der Waals surface area (Å²) in [6, 6.07) is 27.2. The highest BCUT2D eigenvalue weighted by Gasteiger charge is 2.38. The van der Waals surface area contributed by atoms with Crippen molar-refractivity contribution in [3.05, 3.63) is 114 Å². The number of benzene rings is 3. The zero-order valence-electron chi connectivity index (χ0n) is 24.4. The number of amides is 2. The molecule has 5 rings (SSSR count). The van der Waals surface area contributed by atoms with Gasteiger partial charge in [-0.15, -0.1) is 0 Å². The third-order valence-electron chi connectivity index (χ3n) is 6.39. The molecule has 10 heteroatoms. The van der Waals surface area contributed by atoms with Gasteiger partial charge in [-0.05, 0) is 50.1 Å². The summed E-state index contributed by atoms with van der Waals surface area (Å²) in [7, 11) is 0. The number of fused-ring (bicyclic) bond motifs is 1. The highest BCUT2D eigenvalue weighted by Crippen LogP contribution is 2.47. The monoisotopic (exact) mass is 593 g/mol. The van der Waals surface area contributed by atoms with E-state index >= 15 is 0 Å². The van der Waals surface area contributed by atoms with Gasteiger partial charge in [-0.25, -0.2) is 9.59 Å². The average Bonchev–Trinajstić information content (AvgIpc) is 3.26. The molecule has 3 aromatic carbocycles. The van der Waals surface area contributed by atoms with Gasteiger partial charge in [0.25, 0.3) is 5.91 Å². The molecular weight excluding hydrogens is 562 g/mol. The van der Waals surface area contributed by atoms with Gasteiger partial charge in [0, 0.05) is 17.7 Å². The van der Waals surface area contributed by atoms with E-state index in [1.54, 1.807) is 51.1 Å². The summed E-state index contributed by atoms with van der Waals surface area (Å²) in [4.78, 5) is 44.3. The second-order valence-corrected chi connectivity index (χ2v) is 10.9. The standard InChI is InChI=1S/C34H31N3O7/c1-34(2,3)44-33(41)35-25-15-10-16-26-30(25)24(19-29(38)39)32(40)37(26)27-17-18-28(42-20-22-11-6-4-7-12-22)36-31(27)43-21-23-13-8-5-9-14-23/h4-19H,20-21H2,1-3H3,(H,35,41)(H,38,39)/b24-19-. The molecule has 44 heavy (non-hydrogen) atoms. The van der Waals surface area contributed by atoms with Crippen molar-refractivity contribution in [3.8, 4) is 11.8 Å². The first-order chi connectivity index (χ1) is 21.1. The summed E-state index contributed by atoms with van der Waals surface area (Å²) in [6.45, 7) is 5.58. The molecule has 0 saturated carbocycles. The van der Waals surface area contributed by atoms with Gasteiger partial charge in [0.15, 0.2) is 0 Å². The number of carboxylic acid groups (broad SMARTS) is 1. The van der Waals surface area contributed by atoms with Crippen LogP contribution in [-0.4, -0.2) is 33.7 Å². The number of ether oxygens (including phenoxy) is 3. The molecule has 1 aromatic heterocycles. The maximum Gasteiger partial charge on any atom is 0.412 e. The molecule has 224 valence electrons. The van der Waals surface area contributed by atoms with E-state index in [9.17, 15) is 19.5 Å². The van der Waals surface area contributed by atoms with Crippen LogP contribution in [0.1, 0.15) is 37.5 Å². The summed E-state index contributed by atoms with van der Waals surface area (Å²) in [5.41, 5.74) is 1.96.